The Labute approximate surface area is 138 Å². The zero-order valence-electron chi connectivity index (χ0n) is 13.0. The van der Waals surface area contributed by atoms with Crippen molar-refractivity contribution in [3.05, 3.63) is 70.5 Å². The van der Waals surface area contributed by atoms with Gasteiger partial charge >= 0.3 is 5.69 Å². The van der Waals surface area contributed by atoms with Gasteiger partial charge in [-0.3, -0.25) is 19.6 Å². The lowest BCUT2D eigenvalue weighted by Crippen LogP contribution is -2.30. The zero-order chi connectivity index (χ0) is 17.1. The zero-order valence-corrected chi connectivity index (χ0v) is 13.0. The Morgan fingerprint density at radius 2 is 2.04 bits per heavy atom. The first kappa shape index (κ1) is 15.7. The van der Waals surface area contributed by atoms with Gasteiger partial charge in [0.1, 0.15) is 18.9 Å². The fraction of sp³-hybridized carbons (Fsp3) is 0.176. The van der Waals surface area contributed by atoms with Crippen LogP contribution < -0.4 is 5.32 Å². The number of nitro groups is 1. The molecule has 3 aromatic rings. The molecule has 1 atom stereocenters. The van der Waals surface area contributed by atoms with Gasteiger partial charge in [-0.15, -0.1) is 0 Å². The molecule has 3 rings (SSSR count). The maximum Gasteiger partial charge on any atom is 0.307 e. The average Bonchev–Trinajstić information content (AvgIpc) is 3.03. The van der Waals surface area contributed by atoms with Gasteiger partial charge < -0.3 is 5.32 Å². The van der Waals surface area contributed by atoms with Crippen LogP contribution in [0, 0.1) is 10.1 Å². The summed E-state index contributed by atoms with van der Waals surface area (Å²) in [7, 11) is 0. The Kier molecular flexibility index (Phi) is 4.24. The Morgan fingerprint density at radius 3 is 2.75 bits per heavy atom. The Balaban J connectivity index is 1.67. The number of hydrogen-bond acceptors (Lipinski definition) is 4. The van der Waals surface area contributed by atoms with Crippen LogP contribution in [0.2, 0.25) is 0 Å². The minimum Gasteiger partial charge on any atom is -0.348 e. The van der Waals surface area contributed by atoms with E-state index in [1.54, 1.807) is 0 Å². The van der Waals surface area contributed by atoms with Gasteiger partial charge in [-0.2, -0.15) is 5.10 Å². The summed E-state index contributed by atoms with van der Waals surface area (Å²) in [4.78, 5) is 22.2. The fourth-order valence-corrected chi connectivity index (χ4v) is 2.53. The second-order valence-corrected chi connectivity index (χ2v) is 5.55. The summed E-state index contributed by atoms with van der Waals surface area (Å²) in [5.41, 5.74) is 0.860. The lowest BCUT2D eigenvalue weighted by Gasteiger charge is -2.15. The average molecular weight is 324 g/mol. The molecule has 0 bridgehead atoms. The molecule has 122 valence electrons. The standard InChI is InChI=1S/C17H16N4O3/c1-12(14-7-6-13-4-2-3-5-15(13)8-14)19-17(22)11-20-10-16(9-18-20)21(23)24/h2-10,12H,11H2,1H3,(H,19,22)/t12-/m0/s1. The molecule has 0 saturated heterocycles. The van der Waals surface area contributed by atoms with E-state index in [-0.39, 0.29) is 24.2 Å². The third kappa shape index (κ3) is 3.40. The van der Waals surface area contributed by atoms with E-state index in [0.29, 0.717) is 0 Å². The molecule has 7 heteroatoms. The second-order valence-electron chi connectivity index (χ2n) is 5.55. The van der Waals surface area contributed by atoms with Crippen molar-refractivity contribution in [3.63, 3.8) is 0 Å². The van der Waals surface area contributed by atoms with E-state index in [9.17, 15) is 14.9 Å². The van der Waals surface area contributed by atoms with Crippen molar-refractivity contribution in [1.82, 2.24) is 15.1 Å². The van der Waals surface area contributed by atoms with E-state index in [0.717, 1.165) is 22.5 Å². The third-order valence-corrected chi connectivity index (χ3v) is 3.79. The van der Waals surface area contributed by atoms with Crippen molar-refractivity contribution >= 4 is 22.4 Å². The predicted octanol–water partition coefficient (Wildman–Crippen LogP) is 2.82. The van der Waals surface area contributed by atoms with E-state index < -0.39 is 4.92 Å². The summed E-state index contributed by atoms with van der Waals surface area (Å²) < 4.78 is 1.25. The molecule has 1 heterocycles. The molecule has 24 heavy (non-hydrogen) atoms. The molecule has 0 radical (unpaired) electrons. The highest BCUT2D eigenvalue weighted by Gasteiger charge is 2.13. The van der Waals surface area contributed by atoms with Gasteiger partial charge in [0.05, 0.1) is 11.0 Å². The van der Waals surface area contributed by atoms with Crippen LogP contribution >= 0.6 is 0 Å². The first-order valence-corrected chi connectivity index (χ1v) is 7.48. The fourth-order valence-electron chi connectivity index (χ4n) is 2.53. The maximum absolute atomic E-state index is 12.1. The lowest BCUT2D eigenvalue weighted by atomic mass is 10.0. The van der Waals surface area contributed by atoms with Crippen LogP contribution in [0.1, 0.15) is 18.5 Å². The molecule has 0 fully saturated rings. The maximum atomic E-state index is 12.1. The molecule has 0 aliphatic carbocycles. The van der Waals surface area contributed by atoms with Crippen molar-refractivity contribution < 1.29 is 9.72 Å². The normalized spacial score (nSPS) is 12.0. The van der Waals surface area contributed by atoms with Crippen molar-refractivity contribution in [2.75, 3.05) is 0 Å². The van der Waals surface area contributed by atoms with Gasteiger partial charge in [0.15, 0.2) is 0 Å². The smallest absolute Gasteiger partial charge is 0.307 e. The van der Waals surface area contributed by atoms with E-state index in [1.807, 2.05) is 49.4 Å². The molecular formula is C17H16N4O3. The Hall–Kier alpha value is -3.22. The quantitative estimate of drug-likeness (QED) is 0.577. The van der Waals surface area contributed by atoms with Crippen molar-refractivity contribution in [3.8, 4) is 0 Å². The number of nitrogens with one attached hydrogen (secondary N) is 1. The van der Waals surface area contributed by atoms with Crippen LogP contribution in [0.5, 0.6) is 0 Å². The van der Waals surface area contributed by atoms with Gasteiger partial charge in [-0.25, -0.2) is 0 Å². The van der Waals surface area contributed by atoms with Crippen LogP contribution in [-0.2, 0) is 11.3 Å². The summed E-state index contributed by atoms with van der Waals surface area (Å²) in [6.45, 7) is 1.83. The molecule has 1 N–H and O–H groups in total. The Bertz CT molecular complexity index is 903. The van der Waals surface area contributed by atoms with Gasteiger partial charge in [-0.1, -0.05) is 36.4 Å². The SMILES string of the molecule is C[C@H](NC(=O)Cn1cc([N+](=O)[O-])cn1)c1ccc2ccccc2c1. The van der Waals surface area contributed by atoms with Crippen LogP contribution in [0.3, 0.4) is 0 Å². The molecule has 0 aliphatic heterocycles. The van der Waals surface area contributed by atoms with Crippen molar-refractivity contribution in [2.24, 2.45) is 0 Å². The number of rotatable bonds is 5. The monoisotopic (exact) mass is 324 g/mol. The van der Waals surface area contributed by atoms with Gasteiger partial charge in [0.2, 0.25) is 5.91 Å². The van der Waals surface area contributed by atoms with Crippen LogP contribution in [0.25, 0.3) is 10.8 Å². The number of carbonyl (C=O) groups is 1. The molecule has 0 unspecified atom stereocenters. The molecule has 2 aromatic carbocycles. The van der Waals surface area contributed by atoms with Gasteiger partial charge in [0.25, 0.3) is 0 Å². The van der Waals surface area contributed by atoms with Gasteiger partial charge in [0, 0.05) is 0 Å². The predicted molar refractivity (Wildman–Crippen MR) is 89.4 cm³/mol. The molecule has 0 aliphatic rings. The highest BCUT2D eigenvalue weighted by Crippen LogP contribution is 2.20. The number of nitrogens with zero attached hydrogens (tertiary/aromatic N) is 3. The number of hydrogen-bond donors (Lipinski definition) is 1. The van der Waals surface area contributed by atoms with E-state index >= 15 is 0 Å². The largest absolute Gasteiger partial charge is 0.348 e. The summed E-state index contributed by atoms with van der Waals surface area (Å²) in [5.74, 6) is -0.256. The summed E-state index contributed by atoms with van der Waals surface area (Å²) in [6, 6.07) is 13.9. The number of carbonyl (C=O) groups excluding carboxylic acids is 1. The van der Waals surface area contributed by atoms with Crippen molar-refractivity contribution in [1.29, 1.82) is 0 Å². The number of amides is 1. The number of benzene rings is 2. The minimum atomic E-state index is -0.543. The molecule has 1 amide bonds. The topological polar surface area (TPSA) is 90.1 Å². The Morgan fingerprint density at radius 1 is 1.29 bits per heavy atom. The summed E-state index contributed by atoms with van der Waals surface area (Å²) in [6.07, 6.45) is 2.36. The second kappa shape index (κ2) is 6.49. The summed E-state index contributed by atoms with van der Waals surface area (Å²) in [5, 5.41) is 19.6. The highest BCUT2D eigenvalue weighted by molar-refractivity contribution is 5.83. The van der Waals surface area contributed by atoms with Crippen LogP contribution in [0.15, 0.2) is 54.9 Å². The van der Waals surface area contributed by atoms with Crippen molar-refractivity contribution in [2.45, 2.75) is 19.5 Å². The first-order valence-electron chi connectivity index (χ1n) is 7.48. The van der Waals surface area contributed by atoms with Crippen LogP contribution in [-0.4, -0.2) is 20.6 Å². The van der Waals surface area contributed by atoms with Gasteiger partial charge in [-0.05, 0) is 29.3 Å². The highest BCUT2D eigenvalue weighted by atomic mass is 16.6. The molecule has 0 saturated carbocycles. The molecule has 0 spiro atoms. The molecule has 1 aromatic heterocycles. The first-order chi connectivity index (χ1) is 11.5. The third-order valence-electron chi connectivity index (χ3n) is 3.79. The minimum absolute atomic E-state index is 0.0637. The van der Waals surface area contributed by atoms with E-state index in [1.165, 1.54) is 10.9 Å². The molecule has 7 nitrogen and oxygen atoms in total. The van der Waals surface area contributed by atoms with Crippen LogP contribution in [0.4, 0.5) is 5.69 Å². The van der Waals surface area contributed by atoms with E-state index in [2.05, 4.69) is 10.4 Å². The van der Waals surface area contributed by atoms with E-state index in [4.69, 9.17) is 0 Å². The lowest BCUT2D eigenvalue weighted by molar-refractivity contribution is -0.385. The number of aromatic nitrogens is 2. The molecular weight excluding hydrogens is 308 g/mol. The number of fused-ring (bicyclic) bond motifs is 1. The summed E-state index contributed by atoms with van der Waals surface area (Å²) >= 11 is 0.